The van der Waals surface area contributed by atoms with Gasteiger partial charge in [0.25, 0.3) is 0 Å². The highest BCUT2D eigenvalue weighted by Gasteiger charge is 2.57. The molecule has 3 aliphatic rings. The average Bonchev–Trinajstić information content (AvgIpc) is 2.93. The summed E-state index contributed by atoms with van der Waals surface area (Å²) in [6.45, 7) is -0.850. The van der Waals surface area contributed by atoms with Crippen LogP contribution in [0.15, 0.2) is 24.3 Å². The van der Waals surface area contributed by atoms with Crippen LogP contribution < -0.4 is 28.4 Å². The fraction of sp³-hybridized carbons (Fsp3) is 0.480. The van der Waals surface area contributed by atoms with Crippen LogP contribution in [-0.4, -0.2) is 103 Å². The van der Waals surface area contributed by atoms with Crippen molar-refractivity contribution in [3.8, 4) is 34.5 Å². The lowest BCUT2D eigenvalue weighted by Crippen LogP contribution is -2.60. The van der Waals surface area contributed by atoms with Gasteiger partial charge in [-0.2, -0.15) is 0 Å². The van der Waals surface area contributed by atoms with Crippen LogP contribution in [0.5, 0.6) is 34.5 Å². The van der Waals surface area contributed by atoms with E-state index in [-0.39, 0.29) is 46.5 Å². The van der Waals surface area contributed by atoms with Crippen LogP contribution in [0.3, 0.4) is 0 Å². The Balaban J connectivity index is 1.60. The molecule has 0 radical (unpaired) electrons. The number of ether oxygens (including phenoxy) is 7. The fourth-order valence-corrected chi connectivity index (χ4v) is 4.85. The molecule has 13 nitrogen and oxygen atoms in total. The SMILES string of the molecule is COc1cc(O[C@@H]2O[C@H](CO)[C@@H](O)[C@H](O)[C@H]2O)c2c(c1)O[C@@H]1COc3cc(OC)c(OC)cc3[C@]1(O)C2=O. The maximum absolute atomic E-state index is 14.1. The van der Waals surface area contributed by atoms with Crippen LogP contribution in [0.1, 0.15) is 15.9 Å². The Hall–Kier alpha value is -3.33. The molecule has 3 heterocycles. The van der Waals surface area contributed by atoms with Crippen molar-refractivity contribution >= 4 is 5.78 Å². The van der Waals surface area contributed by atoms with Gasteiger partial charge in [0, 0.05) is 23.8 Å². The monoisotopic (exact) mass is 536 g/mol. The molecular formula is C25H28O13. The van der Waals surface area contributed by atoms with Gasteiger partial charge < -0.3 is 58.7 Å². The number of rotatable bonds is 6. The number of carbonyl (C=O) groups excluding carboxylic acids is 1. The van der Waals surface area contributed by atoms with Crippen molar-refractivity contribution in [3.63, 3.8) is 0 Å². The molecule has 2 aromatic rings. The molecular weight excluding hydrogens is 508 g/mol. The van der Waals surface area contributed by atoms with Crippen LogP contribution in [0.2, 0.25) is 0 Å². The van der Waals surface area contributed by atoms with Gasteiger partial charge in [-0.25, -0.2) is 0 Å². The molecule has 206 valence electrons. The number of Topliss-reactive ketones (excluding diaryl/α,β-unsaturated/α-hetero) is 1. The second-order valence-electron chi connectivity index (χ2n) is 9.03. The molecule has 2 aromatic carbocycles. The number of aliphatic hydroxyl groups excluding tert-OH is 4. The summed E-state index contributed by atoms with van der Waals surface area (Å²) in [7, 11) is 4.22. The molecule has 0 aliphatic carbocycles. The van der Waals surface area contributed by atoms with E-state index in [1.807, 2.05) is 0 Å². The second-order valence-corrected chi connectivity index (χ2v) is 9.03. The molecule has 5 N–H and O–H groups in total. The first-order valence-electron chi connectivity index (χ1n) is 11.7. The van der Waals surface area contributed by atoms with E-state index in [9.17, 15) is 30.3 Å². The second kappa shape index (κ2) is 9.76. The molecule has 1 saturated heterocycles. The molecule has 0 aromatic heterocycles. The van der Waals surface area contributed by atoms with Gasteiger partial charge >= 0.3 is 0 Å². The topological polar surface area (TPSA) is 183 Å². The Labute approximate surface area is 216 Å². The quantitative estimate of drug-likeness (QED) is 0.307. The first-order chi connectivity index (χ1) is 18.2. The summed E-state index contributed by atoms with van der Waals surface area (Å²) in [5.41, 5.74) is -2.34. The summed E-state index contributed by atoms with van der Waals surface area (Å²) in [6, 6.07) is 5.66. The van der Waals surface area contributed by atoms with Crippen LogP contribution in [0, 0.1) is 0 Å². The molecule has 5 rings (SSSR count). The van der Waals surface area contributed by atoms with Crippen LogP contribution >= 0.6 is 0 Å². The molecule has 0 amide bonds. The van der Waals surface area contributed by atoms with Crippen LogP contribution in [-0.2, 0) is 10.3 Å². The standard InChI is InChI=1S/C25H28O13/c1-32-10-4-15-19(16(5-10)37-24-22(29)21(28)20(27)17(8-26)38-24)23(30)25(31)11-6-13(33-2)14(34-3)7-12(11)35-9-18(25)36-15/h4-7,17-18,20-22,24,26-29,31H,8-9H2,1-3H3/t17-,18-,20-,21+,22-,24-,25-/m1/s1. The minimum absolute atomic E-state index is 0.0103. The minimum atomic E-state index is -2.23. The Morgan fingerprint density at radius 3 is 2.29 bits per heavy atom. The summed E-state index contributed by atoms with van der Waals surface area (Å²) in [6.07, 6.45) is -9.06. The largest absolute Gasteiger partial charge is 0.496 e. The highest BCUT2D eigenvalue weighted by molar-refractivity contribution is 6.09. The third-order valence-electron chi connectivity index (χ3n) is 6.96. The Bertz CT molecular complexity index is 1230. The lowest BCUT2D eigenvalue weighted by Gasteiger charge is -2.44. The van der Waals surface area contributed by atoms with Crippen molar-refractivity contribution in [1.82, 2.24) is 0 Å². The summed E-state index contributed by atoms with van der Waals surface area (Å²) < 4.78 is 39.0. The predicted octanol–water partition coefficient (Wildman–Crippen LogP) is -0.885. The van der Waals surface area contributed by atoms with E-state index in [2.05, 4.69) is 0 Å². The zero-order valence-corrected chi connectivity index (χ0v) is 20.7. The van der Waals surface area contributed by atoms with Crippen LogP contribution in [0.4, 0.5) is 0 Å². The van der Waals surface area contributed by atoms with E-state index in [1.54, 1.807) is 0 Å². The maximum atomic E-state index is 14.1. The first kappa shape index (κ1) is 26.3. The minimum Gasteiger partial charge on any atom is -0.496 e. The number of hydrogen-bond acceptors (Lipinski definition) is 13. The number of benzene rings is 2. The van der Waals surface area contributed by atoms with Crippen molar-refractivity contribution in [3.05, 3.63) is 35.4 Å². The Kier molecular flexibility index (Phi) is 6.75. The average molecular weight is 536 g/mol. The zero-order chi connectivity index (χ0) is 27.4. The molecule has 13 heteroatoms. The van der Waals surface area contributed by atoms with Gasteiger partial charge in [-0.3, -0.25) is 4.79 Å². The molecule has 3 aliphatic heterocycles. The molecule has 0 saturated carbocycles. The molecule has 1 fully saturated rings. The first-order valence-corrected chi connectivity index (χ1v) is 11.7. The van der Waals surface area contributed by atoms with Crippen molar-refractivity contribution in [2.45, 2.75) is 42.4 Å². The number of methoxy groups -OCH3 is 3. The van der Waals surface area contributed by atoms with Crippen molar-refractivity contribution in [1.29, 1.82) is 0 Å². The maximum Gasteiger partial charge on any atom is 0.229 e. The smallest absolute Gasteiger partial charge is 0.229 e. The normalized spacial score (nSPS) is 31.6. The lowest BCUT2D eigenvalue weighted by molar-refractivity contribution is -0.277. The van der Waals surface area contributed by atoms with Gasteiger partial charge in [0.15, 0.2) is 23.2 Å². The van der Waals surface area contributed by atoms with Crippen LogP contribution in [0.25, 0.3) is 0 Å². The lowest BCUT2D eigenvalue weighted by atomic mass is 9.77. The van der Waals surface area contributed by atoms with E-state index in [0.717, 1.165) is 0 Å². The van der Waals surface area contributed by atoms with Crippen molar-refractivity contribution < 1.29 is 63.5 Å². The van der Waals surface area contributed by atoms with Crippen molar-refractivity contribution in [2.24, 2.45) is 0 Å². The van der Waals surface area contributed by atoms with E-state index >= 15 is 0 Å². The molecule has 0 bridgehead atoms. The van der Waals surface area contributed by atoms with Gasteiger partial charge in [0.05, 0.1) is 27.9 Å². The van der Waals surface area contributed by atoms with E-state index in [1.165, 1.54) is 45.6 Å². The predicted molar refractivity (Wildman–Crippen MR) is 125 cm³/mol. The number of hydrogen-bond donors (Lipinski definition) is 5. The van der Waals surface area contributed by atoms with Gasteiger partial charge in [-0.15, -0.1) is 0 Å². The van der Waals surface area contributed by atoms with E-state index < -0.39 is 54.8 Å². The van der Waals surface area contributed by atoms with Gasteiger partial charge in [-0.1, -0.05) is 0 Å². The fourth-order valence-electron chi connectivity index (χ4n) is 4.85. The van der Waals surface area contributed by atoms with Gasteiger partial charge in [0.1, 0.15) is 59.6 Å². The highest BCUT2D eigenvalue weighted by atomic mass is 16.7. The van der Waals surface area contributed by atoms with Gasteiger partial charge in [-0.05, 0) is 6.07 Å². The van der Waals surface area contributed by atoms with E-state index in [0.29, 0.717) is 5.75 Å². The third-order valence-corrected chi connectivity index (χ3v) is 6.96. The highest BCUT2D eigenvalue weighted by Crippen LogP contribution is 2.51. The summed E-state index contributed by atoms with van der Waals surface area (Å²) >= 11 is 0. The number of ketones is 1. The molecule has 0 unspecified atom stereocenters. The number of aliphatic hydroxyl groups is 5. The van der Waals surface area contributed by atoms with E-state index in [4.69, 9.17) is 33.2 Å². The summed E-state index contributed by atoms with van der Waals surface area (Å²) in [5, 5.41) is 52.1. The zero-order valence-electron chi connectivity index (χ0n) is 20.7. The Morgan fingerprint density at radius 1 is 0.921 bits per heavy atom. The van der Waals surface area contributed by atoms with Crippen molar-refractivity contribution in [2.75, 3.05) is 34.5 Å². The molecule has 38 heavy (non-hydrogen) atoms. The number of fused-ring (bicyclic) bond motifs is 4. The van der Waals surface area contributed by atoms with Gasteiger partial charge in [0.2, 0.25) is 12.1 Å². The molecule has 7 atom stereocenters. The molecule has 0 spiro atoms. The summed E-state index contributed by atoms with van der Waals surface area (Å²) in [5.74, 6) is -0.0193. The summed E-state index contributed by atoms with van der Waals surface area (Å²) in [4.78, 5) is 14.1. The third kappa shape index (κ3) is 3.90. The Morgan fingerprint density at radius 2 is 1.63 bits per heavy atom. The number of carbonyl (C=O) groups is 1.